The monoisotopic (exact) mass is 1300 g/mol. The Kier molecular flexibility index (Phi) is 19.3. The first-order valence-corrected chi connectivity index (χ1v) is 31.0. The van der Waals surface area contributed by atoms with Gasteiger partial charge in [-0.25, -0.2) is 19.2 Å². The van der Waals surface area contributed by atoms with Gasteiger partial charge in [-0.3, -0.25) is 0 Å². The van der Waals surface area contributed by atoms with Crippen molar-refractivity contribution in [3.63, 3.8) is 0 Å². The van der Waals surface area contributed by atoms with Crippen LogP contribution in [0.1, 0.15) is 192 Å². The van der Waals surface area contributed by atoms with Gasteiger partial charge in [-0.1, -0.05) is 224 Å². The van der Waals surface area contributed by atoms with E-state index in [0.717, 1.165) is 74.7 Å². The normalized spacial score (nSPS) is 18.4. The molecule has 12 nitrogen and oxygen atoms in total. The molecule has 14 heteroatoms. The highest BCUT2D eigenvalue weighted by Gasteiger charge is 2.59. The zero-order chi connectivity index (χ0) is 63.9. The number of rotatable bonds is 10. The van der Waals surface area contributed by atoms with Crippen molar-refractivity contribution in [3.8, 4) is 11.5 Å². The number of carbonyl (C=O) groups is 4. The Labute approximate surface area is 527 Å². The first kappa shape index (κ1) is 66.9. The smallest absolute Gasteiger partial charge is 0.443 e. The van der Waals surface area contributed by atoms with E-state index in [1.165, 1.54) is 0 Å². The number of ether oxygens (including phenoxy) is 2. The quantitative estimate of drug-likeness (QED) is 0.136. The van der Waals surface area contributed by atoms with E-state index >= 15 is 0 Å². The molecule has 6 aromatic carbocycles. The average Bonchev–Trinajstić information content (AvgIpc) is 1.42. The summed E-state index contributed by atoms with van der Waals surface area (Å²) in [5.74, 6) is -1.50. The van der Waals surface area contributed by atoms with Crippen molar-refractivity contribution in [1.29, 1.82) is 0 Å². The minimum Gasteiger partial charge on any atom is -0.507 e. The molecule has 2 aliphatic rings. The summed E-state index contributed by atoms with van der Waals surface area (Å²) in [6.45, 7) is 35.5. The highest BCUT2D eigenvalue weighted by molar-refractivity contribution is 9.10. The number of hydroxylamine groups is 4. The summed E-state index contributed by atoms with van der Waals surface area (Å²) in [4.78, 5) is 66.8. The number of carbonyl (C=O) groups excluding carboxylic acids is 4. The van der Waals surface area contributed by atoms with Crippen LogP contribution in [0.5, 0.6) is 11.5 Å². The van der Waals surface area contributed by atoms with Gasteiger partial charge in [0.05, 0.1) is 13.1 Å². The van der Waals surface area contributed by atoms with Crippen LogP contribution in [0.25, 0.3) is 0 Å². The van der Waals surface area contributed by atoms with E-state index in [1.54, 1.807) is 41.5 Å². The minimum absolute atomic E-state index is 0.00699. The Morgan fingerprint density at radius 3 is 0.965 bits per heavy atom. The molecule has 2 N–H and O–H groups in total. The maximum atomic E-state index is 14.3. The lowest BCUT2D eigenvalue weighted by atomic mass is 9.64. The predicted molar refractivity (Wildman–Crippen MR) is 346 cm³/mol. The second kappa shape index (κ2) is 24.9. The molecule has 2 fully saturated rings. The van der Waals surface area contributed by atoms with Crippen molar-refractivity contribution in [3.05, 3.63) is 198 Å². The molecule has 460 valence electrons. The third kappa shape index (κ3) is 15.4. The number of amides is 2. The Morgan fingerprint density at radius 1 is 0.453 bits per heavy atom. The molecule has 0 aliphatic carbocycles. The van der Waals surface area contributed by atoms with Crippen molar-refractivity contribution in [2.45, 2.75) is 182 Å². The molecule has 0 aromatic heterocycles. The van der Waals surface area contributed by atoms with Gasteiger partial charge in [-0.05, 0) is 156 Å². The molecule has 0 bridgehead atoms. The van der Waals surface area contributed by atoms with Crippen LogP contribution in [0.3, 0.4) is 0 Å². The molecular formula is C72H88Br2N2O10. The lowest BCUT2D eigenvalue weighted by Crippen LogP contribution is -2.42. The number of hydrogen-bond donors (Lipinski definition) is 2. The average molecular weight is 1300 g/mol. The number of nitrogens with zero attached hydrogens (tertiary/aromatic N) is 2. The highest BCUT2D eigenvalue weighted by Crippen LogP contribution is 2.54. The summed E-state index contributed by atoms with van der Waals surface area (Å²) in [5, 5.41) is 25.2. The summed E-state index contributed by atoms with van der Waals surface area (Å²) >= 11 is 7.03. The molecule has 2 amide bonds. The Balaban J connectivity index is 0.000000246. The zero-order valence-corrected chi connectivity index (χ0v) is 56.7. The van der Waals surface area contributed by atoms with Crippen LogP contribution < -0.4 is 0 Å². The molecule has 0 spiro atoms. The number of aromatic hydroxyl groups is 2. The molecule has 2 aliphatic heterocycles. The third-order valence-electron chi connectivity index (χ3n) is 15.6. The van der Waals surface area contributed by atoms with Gasteiger partial charge in [-0.2, -0.15) is 0 Å². The van der Waals surface area contributed by atoms with Gasteiger partial charge < -0.3 is 29.4 Å². The maximum Gasteiger partial charge on any atom is 0.443 e. The molecule has 4 atom stereocenters. The lowest BCUT2D eigenvalue weighted by Gasteiger charge is -2.37. The molecule has 2 heterocycles. The largest absolute Gasteiger partial charge is 0.507 e. The van der Waals surface area contributed by atoms with Crippen LogP contribution in [0.2, 0.25) is 0 Å². The predicted octanol–water partition coefficient (Wildman–Crippen LogP) is 17.6. The maximum absolute atomic E-state index is 14.3. The van der Waals surface area contributed by atoms with E-state index in [9.17, 15) is 29.4 Å². The van der Waals surface area contributed by atoms with Crippen molar-refractivity contribution in [1.82, 2.24) is 10.1 Å². The van der Waals surface area contributed by atoms with Crippen molar-refractivity contribution < 1.29 is 48.5 Å². The molecule has 86 heavy (non-hydrogen) atoms. The molecule has 0 saturated carbocycles. The van der Waals surface area contributed by atoms with Crippen LogP contribution in [-0.2, 0) is 63.2 Å². The van der Waals surface area contributed by atoms with E-state index in [4.69, 9.17) is 19.1 Å². The fourth-order valence-corrected chi connectivity index (χ4v) is 12.1. The molecule has 8 rings (SSSR count). The van der Waals surface area contributed by atoms with Crippen molar-refractivity contribution >= 4 is 56.0 Å². The SMILES string of the molecule is CC(C)(C)OC(=O)N1C[C@](Cc2ccc(Br)cc2)([C@@H](c2ccccc2)c2cc(C(C)(C)C)c(O)c(C(C)(C)C)c2)C(=O)O1.CC(C)(C)OC(=O)N1C[C@](Cc2ccc(Br)cc2)([C@@H](c2ccccc2)c2cc(C(C)(C)C)c(O)c(C(C)(C)C)c2)C(=O)O1. The van der Waals surface area contributed by atoms with E-state index in [2.05, 4.69) is 115 Å². The minimum atomic E-state index is -1.20. The second-order valence-electron chi connectivity index (χ2n) is 29.3. The van der Waals surface area contributed by atoms with E-state index in [-0.39, 0.29) is 46.2 Å². The molecule has 6 aromatic rings. The van der Waals surface area contributed by atoms with Gasteiger partial charge in [0.1, 0.15) is 33.5 Å². The summed E-state index contributed by atoms with van der Waals surface area (Å²) in [6.07, 6.45) is -0.785. The fourth-order valence-electron chi connectivity index (χ4n) is 11.6. The van der Waals surface area contributed by atoms with Crippen LogP contribution in [0.4, 0.5) is 9.59 Å². The Bertz CT molecular complexity index is 3120. The van der Waals surface area contributed by atoms with Crippen LogP contribution in [0, 0.1) is 10.8 Å². The summed E-state index contributed by atoms with van der Waals surface area (Å²) in [6, 6.07) is 43.6. The van der Waals surface area contributed by atoms with E-state index in [0.29, 0.717) is 12.8 Å². The van der Waals surface area contributed by atoms with Gasteiger partial charge >= 0.3 is 24.1 Å². The summed E-state index contributed by atoms with van der Waals surface area (Å²) < 4.78 is 13.1. The van der Waals surface area contributed by atoms with Crippen LogP contribution in [-0.4, -0.2) is 68.8 Å². The molecule has 0 radical (unpaired) electrons. The highest BCUT2D eigenvalue weighted by atomic mass is 79.9. The zero-order valence-electron chi connectivity index (χ0n) is 53.5. The van der Waals surface area contributed by atoms with Crippen LogP contribution in [0.15, 0.2) is 142 Å². The Morgan fingerprint density at radius 2 is 0.721 bits per heavy atom. The summed E-state index contributed by atoms with van der Waals surface area (Å²) in [5.41, 5.74) is 3.18. The standard InChI is InChI=1S/2C36H44BrNO5/c2*1-33(2,3)27-19-25(20-28(30(27)39)34(4,5)6)29(24-13-11-10-12-14-24)36(21-23-15-17-26(37)18-16-23)22-38(43-31(36)40)32(41)42-35(7,8)9/h2*10-20,29,39H,21-22H2,1-9H3/t2*29-,36+/m00/s1. The van der Waals surface area contributed by atoms with Crippen molar-refractivity contribution in [2.75, 3.05) is 13.1 Å². The van der Waals surface area contributed by atoms with Gasteiger partial charge in [0.25, 0.3) is 0 Å². The lowest BCUT2D eigenvalue weighted by molar-refractivity contribution is -0.169. The van der Waals surface area contributed by atoms with E-state index < -0.39 is 58.0 Å². The topological polar surface area (TPSA) is 152 Å². The number of benzene rings is 6. The third-order valence-corrected chi connectivity index (χ3v) is 16.7. The van der Waals surface area contributed by atoms with Crippen LogP contribution >= 0.6 is 31.9 Å². The van der Waals surface area contributed by atoms with Gasteiger partial charge in [-0.15, -0.1) is 10.1 Å². The fraction of sp³-hybridized carbons (Fsp3) is 0.444. The molecule has 2 saturated heterocycles. The first-order chi connectivity index (χ1) is 39.6. The van der Waals surface area contributed by atoms with E-state index in [1.807, 2.05) is 133 Å². The van der Waals surface area contributed by atoms with Gasteiger partial charge in [0, 0.05) is 20.8 Å². The van der Waals surface area contributed by atoms with Crippen molar-refractivity contribution in [2.24, 2.45) is 10.8 Å². The number of phenols is 2. The summed E-state index contributed by atoms with van der Waals surface area (Å²) in [7, 11) is 0. The molecule has 0 unspecified atom stereocenters. The second-order valence-corrected chi connectivity index (χ2v) is 31.2. The van der Waals surface area contributed by atoms with Gasteiger partial charge in [0.15, 0.2) is 0 Å². The number of hydrogen-bond acceptors (Lipinski definition) is 10. The number of phenolic OH excluding ortho intramolecular Hbond substituents is 2. The first-order valence-electron chi connectivity index (χ1n) is 29.4. The molecular weight excluding hydrogens is 1210 g/mol. The van der Waals surface area contributed by atoms with Gasteiger partial charge in [0.2, 0.25) is 0 Å². The number of halogens is 2. The Hall–Kier alpha value is -6.64.